The van der Waals surface area contributed by atoms with Crippen LogP contribution in [0.5, 0.6) is 5.88 Å². The maximum absolute atomic E-state index is 12.8. The first-order valence-electron chi connectivity index (χ1n) is 12.6. The van der Waals surface area contributed by atoms with Crippen molar-refractivity contribution in [3.63, 3.8) is 0 Å². The number of amides is 1. The van der Waals surface area contributed by atoms with Crippen LogP contribution in [0.2, 0.25) is 0 Å². The molecule has 0 fully saturated rings. The molecule has 180 valence electrons. The Labute approximate surface area is 209 Å². The lowest BCUT2D eigenvalue weighted by Crippen LogP contribution is -2.10. The summed E-state index contributed by atoms with van der Waals surface area (Å²) in [4.78, 5) is 12.8. The van der Waals surface area contributed by atoms with Crippen LogP contribution in [0.4, 0.5) is 5.69 Å². The zero-order valence-corrected chi connectivity index (χ0v) is 20.1. The molecule has 5 aromatic rings. The number of azo groups is 1. The fourth-order valence-corrected chi connectivity index (χ4v) is 5.50. The Balaban J connectivity index is 1.25. The Bertz CT molecular complexity index is 1590. The normalized spacial score (nSPS) is 13.6. The van der Waals surface area contributed by atoms with E-state index in [4.69, 9.17) is 0 Å². The minimum Gasteiger partial charge on any atom is -0.493 e. The Morgan fingerprint density at radius 1 is 0.806 bits per heavy atom. The van der Waals surface area contributed by atoms with Crippen molar-refractivity contribution >= 4 is 33.4 Å². The monoisotopic (exact) mass is 476 g/mol. The number of hydrogen-bond donors (Lipinski definition) is 1. The topological polar surface area (TPSA) is 71.9 Å². The summed E-state index contributed by atoms with van der Waals surface area (Å²) in [5, 5.41) is 21.3. The second-order valence-electron chi connectivity index (χ2n) is 9.41. The van der Waals surface area contributed by atoms with Gasteiger partial charge in [-0.2, -0.15) is 0 Å². The molecule has 0 aliphatic heterocycles. The molecule has 0 unspecified atom stereocenters. The summed E-state index contributed by atoms with van der Waals surface area (Å²) < 4.78 is 4.10. The van der Waals surface area contributed by atoms with Crippen LogP contribution >= 0.6 is 0 Å². The van der Waals surface area contributed by atoms with E-state index >= 15 is 0 Å². The Hall–Kier alpha value is -4.19. The van der Waals surface area contributed by atoms with Crippen LogP contribution in [-0.2, 0) is 30.7 Å². The maximum atomic E-state index is 12.8. The number of benzene rings is 3. The molecule has 36 heavy (non-hydrogen) atoms. The van der Waals surface area contributed by atoms with Gasteiger partial charge >= 0.3 is 0 Å². The van der Waals surface area contributed by atoms with Crippen molar-refractivity contribution in [2.24, 2.45) is 10.2 Å². The number of aromatic hydroxyl groups is 1. The van der Waals surface area contributed by atoms with Gasteiger partial charge in [0.1, 0.15) is 0 Å². The lowest BCUT2D eigenvalue weighted by molar-refractivity contribution is -0.118. The smallest absolute Gasteiger partial charge is 0.266 e. The Morgan fingerprint density at radius 3 is 2.28 bits per heavy atom. The first kappa shape index (κ1) is 22.3. The predicted molar refractivity (Wildman–Crippen MR) is 142 cm³/mol. The summed E-state index contributed by atoms with van der Waals surface area (Å²) in [7, 11) is 0. The first-order chi connectivity index (χ1) is 17.7. The van der Waals surface area contributed by atoms with Gasteiger partial charge in [0.25, 0.3) is 5.91 Å². The van der Waals surface area contributed by atoms with Gasteiger partial charge in [-0.1, -0.05) is 66.7 Å². The minimum absolute atomic E-state index is 0.0158. The number of aryl methyl sites for hydroxylation is 2. The van der Waals surface area contributed by atoms with Gasteiger partial charge in [-0.3, -0.25) is 4.79 Å². The fraction of sp³-hybridized carbons (Fsp3) is 0.233. The first-order valence-corrected chi connectivity index (χ1v) is 12.6. The molecular weight excluding hydrogens is 448 g/mol. The van der Waals surface area contributed by atoms with Crippen molar-refractivity contribution in [1.29, 1.82) is 0 Å². The van der Waals surface area contributed by atoms with Crippen molar-refractivity contribution in [3.8, 4) is 5.88 Å². The number of fused-ring (bicyclic) bond motifs is 4. The largest absolute Gasteiger partial charge is 0.493 e. The molecule has 1 aliphatic carbocycles. The summed E-state index contributed by atoms with van der Waals surface area (Å²) >= 11 is 0. The van der Waals surface area contributed by atoms with Gasteiger partial charge in [0.05, 0.1) is 12.1 Å². The van der Waals surface area contributed by atoms with Crippen molar-refractivity contribution < 1.29 is 9.90 Å². The summed E-state index contributed by atoms with van der Waals surface area (Å²) in [5.41, 5.74) is 6.23. The Morgan fingerprint density at radius 2 is 1.47 bits per heavy atom. The lowest BCUT2D eigenvalue weighted by Gasteiger charge is -2.15. The van der Waals surface area contributed by atoms with Crippen molar-refractivity contribution in [1.82, 2.24) is 9.13 Å². The molecule has 6 rings (SSSR count). The molecule has 0 atom stereocenters. The third kappa shape index (κ3) is 3.98. The molecule has 0 radical (unpaired) electrons. The zero-order chi connectivity index (χ0) is 24.5. The highest BCUT2D eigenvalue weighted by molar-refractivity contribution is 5.95. The van der Waals surface area contributed by atoms with Gasteiger partial charge in [0, 0.05) is 34.9 Å². The summed E-state index contributed by atoms with van der Waals surface area (Å²) in [6.07, 6.45) is 4.81. The summed E-state index contributed by atoms with van der Waals surface area (Å²) in [6, 6.07) is 26.1. The lowest BCUT2D eigenvalue weighted by atomic mass is 9.95. The number of carbonyl (C=O) groups is 1. The van der Waals surface area contributed by atoms with Gasteiger partial charge in [-0.25, -0.2) is 0 Å². The number of rotatable bonds is 6. The molecule has 0 spiro atoms. The van der Waals surface area contributed by atoms with E-state index in [0.29, 0.717) is 18.8 Å². The molecule has 6 heteroatoms. The third-order valence-corrected chi connectivity index (χ3v) is 7.20. The SMILES string of the molecule is O=C(CCn1c2c(c3ccccc31)CCCC2)N=Nc1c(O)n(Cc2ccccc2)c2ccccc12. The molecule has 0 bridgehead atoms. The van der Waals surface area contributed by atoms with E-state index < -0.39 is 0 Å². The number of aromatic nitrogens is 2. The standard InChI is InChI=1S/C30H28N4O2/c35-28(18-19-33-25-15-7-4-12-22(25)23-13-5-8-16-26(23)33)31-32-29-24-14-6-9-17-27(24)34(30(29)36)20-21-10-2-1-3-11-21/h1-4,6-7,9-12,14-15,17,36H,5,8,13,16,18-20H2. The van der Waals surface area contributed by atoms with E-state index in [-0.39, 0.29) is 18.2 Å². The van der Waals surface area contributed by atoms with Gasteiger partial charge < -0.3 is 14.2 Å². The predicted octanol–water partition coefficient (Wildman–Crippen LogP) is 6.93. The maximum Gasteiger partial charge on any atom is 0.266 e. The van der Waals surface area contributed by atoms with Crippen LogP contribution < -0.4 is 0 Å². The quantitative estimate of drug-likeness (QED) is 0.270. The minimum atomic E-state index is -0.295. The van der Waals surface area contributed by atoms with Crippen molar-refractivity contribution in [3.05, 3.63) is 95.7 Å². The fourth-order valence-electron chi connectivity index (χ4n) is 5.50. The van der Waals surface area contributed by atoms with Gasteiger partial charge in [0.15, 0.2) is 5.69 Å². The molecule has 3 aromatic carbocycles. The number of hydrogen-bond acceptors (Lipinski definition) is 3. The number of para-hydroxylation sites is 2. The van der Waals surface area contributed by atoms with E-state index in [1.54, 1.807) is 0 Å². The van der Waals surface area contributed by atoms with Crippen LogP contribution in [0, 0.1) is 0 Å². The van der Waals surface area contributed by atoms with E-state index in [2.05, 4.69) is 39.1 Å². The van der Waals surface area contributed by atoms with Crippen LogP contribution in [0.15, 0.2) is 89.1 Å². The number of carbonyl (C=O) groups excluding carboxylic acids is 1. The van der Waals surface area contributed by atoms with Crippen molar-refractivity contribution in [2.45, 2.75) is 45.2 Å². The summed E-state index contributed by atoms with van der Waals surface area (Å²) in [5.74, 6) is -0.279. The summed E-state index contributed by atoms with van der Waals surface area (Å²) in [6.45, 7) is 1.08. The van der Waals surface area contributed by atoms with Crippen LogP contribution in [-0.4, -0.2) is 20.1 Å². The van der Waals surface area contributed by atoms with Crippen LogP contribution in [0.25, 0.3) is 21.8 Å². The highest BCUT2D eigenvalue weighted by atomic mass is 16.3. The van der Waals surface area contributed by atoms with E-state index in [0.717, 1.165) is 29.3 Å². The average Bonchev–Trinajstić information content (AvgIpc) is 3.38. The average molecular weight is 477 g/mol. The molecule has 6 nitrogen and oxygen atoms in total. The molecule has 0 saturated heterocycles. The second-order valence-corrected chi connectivity index (χ2v) is 9.41. The molecule has 1 amide bonds. The zero-order valence-electron chi connectivity index (χ0n) is 20.1. The highest BCUT2D eigenvalue weighted by Crippen LogP contribution is 2.39. The molecule has 2 heterocycles. The van der Waals surface area contributed by atoms with E-state index in [1.165, 1.54) is 35.0 Å². The molecule has 1 aliphatic rings. The highest BCUT2D eigenvalue weighted by Gasteiger charge is 2.20. The second kappa shape index (κ2) is 9.46. The molecule has 0 saturated carbocycles. The Kier molecular flexibility index (Phi) is 5.85. The van der Waals surface area contributed by atoms with Gasteiger partial charge in [-0.05, 0) is 48.9 Å². The van der Waals surface area contributed by atoms with Crippen molar-refractivity contribution in [2.75, 3.05) is 0 Å². The van der Waals surface area contributed by atoms with E-state index in [9.17, 15) is 9.90 Å². The van der Waals surface area contributed by atoms with Gasteiger partial charge in [-0.15, -0.1) is 10.2 Å². The molecule has 2 aromatic heterocycles. The van der Waals surface area contributed by atoms with Crippen LogP contribution in [0.3, 0.4) is 0 Å². The van der Waals surface area contributed by atoms with Gasteiger partial charge in [0.2, 0.25) is 5.88 Å². The number of nitrogens with zero attached hydrogens (tertiary/aromatic N) is 4. The van der Waals surface area contributed by atoms with E-state index in [1.807, 2.05) is 59.2 Å². The third-order valence-electron chi connectivity index (χ3n) is 7.20. The molecular formula is C30H28N4O2. The molecule has 1 N–H and O–H groups in total. The van der Waals surface area contributed by atoms with Crippen LogP contribution in [0.1, 0.15) is 36.1 Å².